The van der Waals surface area contributed by atoms with Gasteiger partial charge in [0.05, 0.1) is 22.4 Å². The van der Waals surface area contributed by atoms with Crippen LogP contribution in [0.1, 0.15) is 0 Å². The fraction of sp³-hybridized carbons (Fsp3) is 0. The highest BCUT2D eigenvalue weighted by Crippen LogP contribution is 2.45. The molecule has 0 unspecified atom stereocenters. The van der Waals surface area contributed by atoms with E-state index in [2.05, 4.69) is 185 Å². The van der Waals surface area contributed by atoms with Crippen LogP contribution in [0.15, 0.2) is 205 Å². The topological polar surface area (TPSA) is 34.2 Å². The van der Waals surface area contributed by atoms with E-state index in [1.54, 1.807) is 0 Å². The molecule has 12 rings (SSSR count). The number of rotatable bonds is 5. The van der Waals surface area contributed by atoms with E-state index in [1.807, 2.05) is 24.4 Å². The maximum atomic E-state index is 6.63. The number of benzene rings is 9. The molecule has 0 saturated carbocycles. The summed E-state index contributed by atoms with van der Waals surface area (Å²) in [5.41, 5.74) is 11.3. The van der Waals surface area contributed by atoms with E-state index in [0.29, 0.717) is 0 Å². The number of pyridine rings is 1. The van der Waals surface area contributed by atoms with E-state index in [9.17, 15) is 0 Å². The Kier molecular flexibility index (Phi) is 6.89. The van der Waals surface area contributed by atoms with Crippen LogP contribution in [0.3, 0.4) is 0 Å². The monoisotopic (exact) mass is 727 g/mol. The van der Waals surface area contributed by atoms with Crippen LogP contribution in [-0.4, -0.2) is 9.55 Å². The van der Waals surface area contributed by atoms with E-state index in [4.69, 9.17) is 9.40 Å². The number of anilines is 3. The van der Waals surface area contributed by atoms with E-state index >= 15 is 0 Å². The van der Waals surface area contributed by atoms with Gasteiger partial charge in [0.15, 0.2) is 5.58 Å². The summed E-state index contributed by atoms with van der Waals surface area (Å²) in [4.78, 5) is 7.16. The minimum Gasteiger partial charge on any atom is -0.452 e. The molecule has 3 heterocycles. The number of fused-ring (bicyclic) bond motifs is 10. The average molecular weight is 728 g/mol. The van der Waals surface area contributed by atoms with Gasteiger partial charge in [-0.1, -0.05) is 133 Å². The molecule has 266 valence electrons. The van der Waals surface area contributed by atoms with Gasteiger partial charge in [0.1, 0.15) is 11.1 Å². The lowest BCUT2D eigenvalue weighted by atomic mass is 9.98. The van der Waals surface area contributed by atoms with Crippen molar-refractivity contribution in [1.82, 2.24) is 9.55 Å². The molecular weight excluding hydrogens is 695 g/mol. The van der Waals surface area contributed by atoms with Gasteiger partial charge in [-0.3, -0.25) is 4.98 Å². The van der Waals surface area contributed by atoms with Gasteiger partial charge in [-0.25, -0.2) is 0 Å². The molecule has 0 radical (unpaired) electrons. The van der Waals surface area contributed by atoms with Crippen LogP contribution in [0, 0.1) is 0 Å². The van der Waals surface area contributed by atoms with Crippen molar-refractivity contribution < 1.29 is 4.42 Å². The summed E-state index contributed by atoms with van der Waals surface area (Å²) in [6.45, 7) is 0. The molecule has 57 heavy (non-hydrogen) atoms. The Morgan fingerprint density at radius 3 is 2.04 bits per heavy atom. The Bertz CT molecular complexity index is 3530. The third-order valence-electron chi connectivity index (χ3n) is 11.6. The van der Waals surface area contributed by atoms with E-state index in [1.165, 1.54) is 54.5 Å². The van der Waals surface area contributed by atoms with Crippen LogP contribution >= 0.6 is 0 Å². The lowest BCUT2D eigenvalue weighted by molar-refractivity contribution is 0.668. The predicted octanol–water partition coefficient (Wildman–Crippen LogP) is 14.7. The van der Waals surface area contributed by atoms with Crippen LogP contribution < -0.4 is 4.90 Å². The van der Waals surface area contributed by atoms with Crippen molar-refractivity contribution in [2.45, 2.75) is 0 Å². The Morgan fingerprint density at radius 1 is 0.456 bits per heavy atom. The normalized spacial score (nSPS) is 11.9. The molecule has 9 aromatic carbocycles. The van der Waals surface area contributed by atoms with Crippen molar-refractivity contribution in [3.05, 3.63) is 200 Å². The molecule has 4 heteroatoms. The van der Waals surface area contributed by atoms with Gasteiger partial charge < -0.3 is 13.9 Å². The van der Waals surface area contributed by atoms with Gasteiger partial charge >= 0.3 is 0 Å². The van der Waals surface area contributed by atoms with Crippen LogP contribution in [0.25, 0.3) is 93.0 Å². The number of para-hydroxylation sites is 2. The summed E-state index contributed by atoms with van der Waals surface area (Å²) >= 11 is 0. The minimum absolute atomic E-state index is 0.753. The maximum Gasteiger partial charge on any atom is 0.177 e. The van der Waals surface area contributed by atoms with Gasteiger partial charge in [0.2, 0.25) is 0 Å². The fourth-order valence-corrected chi connectivity index (χ4v) is 9.05. The SMILES string of the molecule is c1ccc2c(-c3ccc(N(c4cccc5cc(-n6c7ccccc7c7c8ccccc8ccc76)ccc45)c4ccnc5c4oc4ccccc45)cc3)cccc2c1. The molecule has 0 aliphatic rings. The van der Waals surface area contributed by atoms with Crippen LogP contribution in [0.5, 0.6) is 0 Å². The average Bonchev–Trinajstić information content (AvgIpc) is 3.83. The molecular formula is C53H33N3O. The first-order valence-electron chi connectivity index (χ1n) is 19.4. The Balaban J connectivity index is 1.07. The molecule has 0 aliphatic heterocycles. The van der Waals surface area contributed by atoms with Gasteiger partial charge in [-0.2, -0.15) is 0 Å². The number of nitrogens with zero attached hydrogens (tertiary/aromatic N) is 3. The second-order valence-corrected chi connectivity index (χ2v) is 14.7. The van der Waals surface area contributed by atoms with Crippen LogP contribution in [-0.2, 0) is 0 Å². The number of hydrogen-bond donors (Lipinski definition) is 0. The zero-order valence-corrected chi connectivity index (χ0v) is 30.8. The predicted molar refractivity (Wildman–Crippen MR) is 238 cm³/mol. The first kappa shape index (κ1) is 31.6. The van der Waals surface area contributed by atoms with E-state index in [0.717, 1.165) is 55.6 Å². The van der Waals surface area contributed by atoms with E-state index in [-0.39, 0.29) is 0 Å². The highest BCUT2D eigenvalue weighted by molar-refractivity contribution is 6.21. The minimum atomic E-state index is 0.753. The number of aromatic nitrogens is 2. The quantitative estimate of drug-likeness (QED) is 0.177. The maximum absolute atomic E-state index is 6.63. The Labute approximate surface area is 328 Å². The van der Waals surface area contributed by atoms with Crippen molar-refractivity contribution in [3.63, 3.8) is 0 Å². The third kappa shape index (κ3) is 4.84. The van der Waals surface area contributed by atoms with Crippen molar-refractivity contribution in [2.24, 2.45) is 0 Å². The van der Waals surface area contributed by atoms with Crippen molar-refractivity contribution in [1.29, 1.82) is 0 Å². The summed E-state index contributed by atoms with van der Waals surface area (Å²) in [5, 5.41) is 10.8. The fourth-order valence-electron chi connectivity index (χ4n) is 9.05. The number of furan rings is 1. The number of hydrogen-bond acceptors (Lipinski definition) is 3. The summed E-state index contributed by atoms with van der Waals surface area (Å²) < 4.78 is 9.04. The molecule has 0 atom stereocenters. The van der Waals surface area contributed by atoms with Gasteiger partial charge in [-0.05, 0) is 98.7 Å². The van der Waals surface area contributed by atoms with Crippen LogP contribution in [0.4, 0.5) is 17.1 Å². The molecule has 12 aromatic rings. The summed E-state index contributed by atoms with van der Waals surface area (Å²) in [7, 11) is 0. The lowest BCUT2D eigenvalue weighted by Gasteiger charge is -2.27. The van der Waals surface area contributed by atoms with Crippen molar-refractivity contribution in [3.8, 4) is 16.8 Å². The highest BCUT2D eigenvalue weighted by Gasteiger charge is 2.22. The smallest absolute Gasteiger partial charge is 0.177 e. The zero-order valence-electron chi connectivity index (χ0n) is 30.8. The summed E-state index contributed by atoms with van der Waals surface area (Å²) in [6.07, 6.45) is 1.90. The lowest BCUT2D eigenvalue weighted by Crippen LogP contribution is -2.11. The summed E-state index contributed by atoms with van der Waals surface area (Å²) in [5.74, 6) is 0. The molecule has 0 fully saturated rings. The van der Waals surface area contributed by atoms with Gasteiger partial charge in [-0.15, -0.1) is 0 Å². The van der Waals surface area contributed by atoms with Gasteiger partial charge in [0, 0.05) is 39.1 Å². The second kappa shape index (κ2) is 12.4. The highest BCUT2D eigenvalue weighted by atomic mass is 16.3. The third-order valence-corrected chi connectivity index (χ3v) is 11.6. The molecule has 0 saturated heterocycles. The second-order valence-electron chi connectivity index (χ2n) is 14.7. The molecule has 0 amide bonds. The molecule has 0 spiro atoms. The van der Waals surface area contributed by atoms with Gasteiger partial charge in [0.25, 0.3) is 0 Å². The van der Waals surface area contributed by atoms with Crippen LogP contribution in [0.2, 0.25) is 0 Å². The van der Waals surface area contributed by atoms with Crippen molar-refractivity contribution in [2.75, 3.05) is 4.90 Å². The molecule has 4 nitrogen and oxygen atoms in total. The first-order chi connectivity index (χ1) is 28.3. The Hall–Kier alpha value is -7.69. The Morgan fingerprint density at radius 2 is 1.16 bits per heavy atom. The van der Waals surface area contributed by atoms with E-state index < -0.39 is 0 Å². The molecule has 0 N–H and O–H groups in total. The standard InChI is InChI=1S/C53H33N3O/c1-3-15-40-34(11-1)13-9-19-41(40)36-23-26-38(27-24-36)55(49-31-32-54-52-45-18-6-8-22-50(45)57-53(49)52)46-21-10-14-37-33-39(28-29-42(37)46)56-47-20-7-5-17-44(47)51-43-16-4-2-12-35(43)25-30-48(51)56/h1-33H. The molecule has 0 bridgehead atoms. The largest absolute Gasteiger partial charge is 0.452 e. The molecule has 3 aromatic heterocycles. The van der Waals surface area contributed by atoms with Crippen molar-refractivity contribution >= 4 is 93.3 Å². The first-order valence-corrected chi connectivity index (χ1v) is 19.4. The zero-order chi connectivity index (χ0) is 37.5. The molecule has 0 aliphatic carbocycles. The summed E-state index contributed by atoms with van der Waals surface area (Å²) in [6, 6.07) is 69.6.